The van der Waals surface area contributed by atoms with Crippen LogP contribution in [-0.2, 0) is 16.4 Å². The summed E-state index contributed by atoms with van der Waals surface area (Å²) < 4.78 is 42.4. The van der Waals surface area contributed by atoms with E-state index in [0.29, 0.717) is 34.6 Å². The SMILES string of the molecule is CCc1noc(-c2ccccc2S(N)(=O)=O)c1-c1ccc(F)cc1. The molecule has 1 heterocycles. The molecule has 0 spiro atoms. The van der Waals surface area contributed by atoms with E-state index in [1.807, 2.05) is 6.92 Å². The highest BCUT2D eigenvalue weighted by atomic mass is 32.2. The molecule has 1 aromatic heterocycles. The molecule has 0 amide bonds. The quantitative estimate of drug-likeness (QED) is 0.785. The van der Waals surface area contributed by atoms with Crippen LogP contribution in [-0.4, -0.2) is 13.6 Å². The number of aromatic nitrogens is 1. The lowest BCUT2D eigenvalue weighted by Gasteiger charge is -2.08. The first-order valence-electron chi connectivity index (χ1n) is 7.28. The van der Waals surface area contributed by atoms with Crippen molar-refractivity contribution in [3.8, 4) is 22.5 Å². The summed E-state index contributed by atoms with van der Waals surface area (Å²) in [6.07, 6.45) is 0.577. The molecule has 2 N–H and O–H groups in total. The van der Waals surface area contributed by atoms with Gasteiger partial charge in [0.2, 0.25) is 10.0 Å². The zero-order valence-corrected chi connectivity index (χ0v) is 13.7. The lowest BCUT2D eigenvalue weighted by Crippen LogP contribution is -2.13. The predicted molar refractivity (Wildman–Crippen MR) is 88.1 cm³/mol. The number of hydrogen-bond acceptors (Lipinski definition) is 4. The number of sulfonamides is 1. The highest BCUT2D eigenvalue weighted by molar-refractivity contribution is 7.89. The molecule has 0 saturated heterocycles. The number of benzene rings is 2. The van der Waals surface area contributed by atoms with Gasteiger partial charge in [-0.2, -0.15) is 0 Å². The summed E-state index contributed by atoms with van der Waals surface area (Å²) in [6.45, 7) is 1.90. The van der Waals surface area contributed by atoms with E-state index in [0.717, 1.165) is 0 Å². The fourth-order valence-corrected chi connectivity index (χ4v) is 3.30. The van der Waals surface area contributed by atoms with Crippen molar-refractivity contribution in [1.29, 1.82) is 0 Å². The molecule has 0 bridgehead atoms. The van der Waals surface area contributed by atoms with Crippen LogP contribution in [0.15, 0.2) is 57.9 Å². The van der Waals surface area contributed by atoms with Crippen molar-refractivity contribution in [2.24, 2.45) is 5.14 Å². The van der Waals surface area contributed by atoms with Crippen molar-refractivity contribution < 1.29 is 17.3 Å². The molecule has 2 aromatic carbocycles. The van der Waals surface area contributed by atoms with E-state index in [1.54, 1.807) is 30.3 Å². The van der Waals surface area contributed by atoms with Crippen molar-refractivity contribution in [3.63, 3.8) is 0 Å². The highest BCUT2D eigenvalue weighted by Gasteiger charge is 2.23. The summed E-state index contributed by atoms with van der Waals surface area (Å²) in [7, 11) is -3.93. The Morgan fingerprint density at radius 1 is 1.12 bits per heavy atom. The predicted octanol–water partition coefficient (Wildman–Crippen LogP) is 3.36. The van der Waals surface area contributed by atoms with Crippen LogP contribution in [0.3, 0.4) is 0 Å². The van der Waals surface area contributed by atoms with Gasteiger partial charge in [-0.3, -0.25) is 0 Å². The average Bonchev–Trinajstić information content (AvgIpc) is 2.98. The molecule has 3 aromatic rings. The maximum atomic E-state index is 13.2. The largest absolute Gasteiger partial charge is 0.355 e. The summed E-state index contributed by atoms with van der Waals surface area (Å²) in [5.41, 5.74) is 2.30. The van der Waals surface area contributed by atoms with Crippen LogP contribution >= 0.6 is 0 Å². The number of nitrogens with zero attached hydrogens (tertiary/aromatic N) is 1. The number of rotatable bonds is 4. The Morgan fingerprint density at radius 3 is 2.42 bits per heavy atom. The van der Waals surface area contributed by atoms with Gasteiger partial charge in [-0.05, 0) is 36.2 Å². The van der Waals surface area contributed by atoms with Gasteiger partial charge in [0.1, 0.15) is 5.82 Å². The van der Waals surface area contributed by atoms with E-state index in [2.05, 4.69) is 5.16 Å². The maximum Gasteiger partial charge on any atom is 0.238 e. The minimum Gasteiger partial charge on any atom is -0.355 e. The minimum absolute atomic E-state index is 0.0489. The second-order valence-electron chi connectivity index (χ2n) is 5.24. The standard InChI is InChI=1S/C17H15FN2O3S/c1-2-14-16(11-7-9-12(18)10-8-11)17(23-20-14)13-5-3-4-6-15(13)24(19,21)22/h3-10H,2H2,1H3,(H2,19,21,22). The summed E-state index contributed by atoms with van der Waals surface area (Å²) in [4.78, 5) is -0.0489. The van der Waals surface area contributed by atoms with Crippen LogP contribution in [0.4, 0.5) is 4.39 Å². The number of aryl methyl sites for hydroxylation is 1. The van der Waals surface area contributed by atoms with Gasteiger partial charge in [-0.15, -0.1) is 0 Å². The molecule has 0 atom stereocenters. The third kappa shape index (κ3) is 2.95. The van der Waals surface area contributed by atoms with E-state index >= 15 is 0 Å². The molecule has 3 rings (SSSR count). The van der Waals surface area contributed by atoms with Gasteiger partial charge in [0, 0.05) is 5.56 Å². The Hall–Kier alpha value is -2.51. The number of primary sulfonamides is 1. The monoisotopic (exact) mass is 346 g/mol. The molecule has 0 aliphatic carbocycles. The summed E-state index contributed by atoms with van der Waals surface area (Å²) in [5.74, 6) is -0.0668. The van der Waals surface area contributed by atoms with Crippen LogP contribution in [0.2, 0.25) is 0 Å². The lowest BCUT2D eigenvalue weighted by molar-refractivity contribution is 0.423. The molecule has 0 fully saturated rings. The zero-order chi connectivity index (χ0) is 17.3. The van der Waals surface area contributed by atoms with Crippen LogP contribution in [0.25, 0.3) is 22.5 Å². The van der Waals surface area contributed by atoms with E-state index < -0.39 is 10.0 Å². The highest BCUT2D eigenvalue weighted by Crippen LogP contribution is 2.37. The van der Waals surface area contributed by atoms with Gasteiger partial charge in [-0.1, -0.05) is 36.3 Å². The smallest absolute Gasteiger partial charge is 0.238 e. The molecule has 24 heavy (non-hydrogen) atoms. The second kappa shape index (κ2) is 6.18. The summed E-state index contributed by atoms with van der Waals surface area (Å²) in [5, 5.41) is 9.33. The first-order valence-corrected chi connectivity index (χ1v) is 8.83. The van der Waals surface area contributed by atoms with Crippen molar-refractivity contribution in [3.05, 3.63) is 60.0 Å². The molecule has 5 nitrogen and oxygen atoms in total. The Labute approximate surface area is 139 Å². The van der Waals surface area contributed by atoms with Crippen molar-refractivity contribution in [1.82, 2.24) is 5.16 Å². The number of hydrogen-bond donors (Lipinski definition) is 1. The molecule has 0 aliphatic heterocycles. The molecular formula is C17H15FN2O3S. The molecular weight excluding hydrogens is 331 g/mol. The first kappa shape index (κ1) is 16.4. The third-order valence-electron chi connectivity index (χ3n) is 3.67. The molecule has 0 saturated carbocycles. The Kier molecular flexibility index (Phi) is 4.21. The zero-order valence-electron chi connectivity index (χ0n) is 12.9. The molecule has 124 valence electrons. The summed E-state index contributed by atoms with van der Waals surface area (Å²) in [6, 6.07) is 12.1. The van der Waals surface area contributed by atoms with Crippen molar-refractivity contribution >= 4 is 10.0 Å². The maximum absolute atomic E-state index is 13.2. The normalized spacial score (nSPS) is 11.6. The first-order chi connectivity index (χ1) is 11.4. The van der Waals surface area contributed by atoms with Crippen LogP contribution < -0.4 is 5.14 Å². The molecule has 0 unspecified atom stereocenters. The molecule has 7 heteroatoms. The van der Waals surface area contributed by atoms with Gasteiger partial charge in [0.25, 0.3) is 0 Å². The van der Waals surface area contributed by atoms with Gasteiger partial charge < -0.3 is 4.52 Å². The Bertz CT molecular complexity index is 979. The van der Waals surface area contributed by atoms with E-state index in [-0.39, 0.29) is 10.7 Å². The van der Waals surface area contributed by atoms with Crippen LogP contribution in [0.5, 0.6) is 0 Å². The number of nitrogens with two attached hydrogens (primary N) is 1. The van der Waals surface area contributed by atoms with Crippen LogP contribution in [0.1, 0.15) is 12.6 Å². The molecule has 0 aliphatic rings. The number of halogens is 1. The average molecular weight is 346 g/mol. The third-order valence-corrected chi connectivity index (χ3v) is 4.64. The topological polar surface area (TPSA) is 86.2 Å². The minimum atomic E-state index is -3.93. The Balaban J connectivity index is 2.28. The Morgan fingerprint density at radius 2 is 1.79 bits per heavy atom. The van der Waals surface area contributed by atoms with Crippen molar-refractivity contribution in [2.75, 3.05) is 0 Å². The fourth-order valence-electron chi connectivity index (χ4n) is 2.56. The van der Waals surface area contributed by atoms with Crippen LogP contribution in [0, 0.1) is 5.82 Å². The van der Waals surface area contributed by atoms with E-state index in [1.165, 1.54) is 18.2 Å². The van der Waals surface area contributed by atoms with Gasteiger partial charge in [0.15, 0.2) is 5.76 Å². The van der Waals surface area contributed by atoms with E-state index in [4.69, 9.17) is 9.66 Å². The molecule has 0 radical (unpaired) electrons. The fraction of sp³-hybridized carbons (Fsp3) is 0.118. The van der Waals surface area contributed by atoms with Gasteiger partial charge >= 0.3 is 0 Å². The van der Waals surface area contributed by atoms with Crippen molar-refractivity contribution in [2.45, 2.75) is 18.2 Å². The second-order valence-corrected chi connectivity index (χ2v) is 6.76. The van der Waals surface area contributed by atoms with Gasteiger partial charge in [0.05, 0.1) is 16.2 Å². The van der Waals surface area contributed by atoms with E-state index in [9.17, 15) is 12.8 Å². The van der Waals surface area contributed by atoms with Gasteiger partial charge in [-0.25, -0.2) is 17.9 Å². The lowest BCUT2D eigenvalue weighted by atomic mass is 9.98. The summed E-state index contributed by atoms with van der Waals surface area (Å²) >= 11 is 0.